The van der Waals surface area contributed by atoms with E-state index in [1.54, 1.807) is 13.1 Å². The number of aromatic nitrogens is 2. The molecule has 0 aliphatic rings. The molecular formula is C10H10N2O4S. The molecule has 1 heterocycles. The average Bonchev–Trinajstić information content (AvgIpc) is 2.58. The zero-order chi connectivity index (χ0) is 12.6. The molecule has 0 unspecified atom stereocenters. The molecule has 2 aromatic rings. The number of nitrogens with zero attached hydrogens (tertiary/aromatic N) is 1. The molecule has 7 heteroatoms. The molecule has 2 rings (SSSR count). The van der Waals surface area contributed by atoms with Crippen LogP contribution in [-0.2, 0) is 10.1 Å². The maximum absolute atomic E-state index is 11.2. The summed E-state index contributed by atoms with van der Waals surface area (Å²) in [6.07, 6.45) is 1.60. The van der Waals surface area contributed by atoms with Crippen molar-refractivity contribution in [3.63, 3.8) is 0 Å². The van der Waals surface area contributed by atoms with Crippen LogP contribution in [0.4, 0.5) is 0 Å². The molecular weight excluding hydrogens is 244 g/mol. The minimum Gasteiger partial charge on any atom is -0.282 e. The number of H-pyrrole nitrogens is 1. The van der Waals surface area contributed by atoms with Crippen LogP contribution in [0.25, 0.3) is 5.69 Å². The lowest BCUT2D eigenvalue weighted by Gasteiger charge is -2.02. The zero-order valence-electron chi connectivity index (χ0n) is 8.91. The lowest BCUT2D eigenvalue weighted by molar-refractivity contribution is 0.483. The summed E-state index contributed by atoms with van der Waals surface area (Å²) in [7, 11) is -4.19. The second-order valence-corrected chi connectivity index (χ2v) is 5.01. The smallest absolute Gasteiger partial charge is 0.282 e. The highest BCUT2D eigenvalue weighted by atomic mass is 32.2. The number of aryl methyl sites for hydroxylation is 1. The summed E-state index contributed by atoms with van der Waals surface area (Å²) in [5.74, 6) is 0. The molecule has 90 valence electrons. The lowest BCUT2D eigenvalue weighted by Crippen LogP contribution is -2.05. The largest absolute Gasteiger partial charge is 0.294 e. The van der Waals surface area contributed by atoms with Gasteiger partial charge in [-0.2, -0.15) is 8.42 Å². The molecule has 17 heavy (non-hydrogen) atoms. The van der Waals surface area contributed by atoms with Crippen LogP contribution in [0.5, 0.6) is 0 Å². The van der Waals surface area contributed by atoms with Crippen molar-refractivity contribution in [1.29, 1.82) is 0 Å². The van der Waals surface area contributed by atoms with Crippen molar-refractivity contribution in [1.82, 2.24) is 9.78 Å². The zero-order valence-corrected chi connectivity index (χ0v) is 9.73. The summed E-state index contributed by atoms with van der Waals surface area (Å²) in [6.45, 7) is 1.67. The molecule has 0 aliphatic heterocycles. The molecule has 0 fully saturated rings. The van der Waals surface area contributed by atoms with Gasteiger partial charge in [0.1, 0.15) is 0 Å². The molecule has 0 atom stereocenters. The fourth-order valence-electron chi connectivity index (χ4n) is 1.40. The van der Waals surface area contributed by atoms with E-state index in [1.807, 2.05) is 0 Å². The number of hydrogen-bond acceptors (Lipinski definition) is 3. The maximum atomic E-state index is 11.2. The number of hydrogen-bond donors (Lipinski definition) is 2. The molecule has 2 N–H and O–H groups in total. The number of benzene rings is 1. The molecule has 1 aromatic heterocycles. The van der Waals surface area contributed by atoms with E-state index in [9.17, 15) is 13.2 Å². The molecule has 0 spiro atoms. The van der Waals surface area contributed by atoms with Crippen LogP contribution in [0.1, 0.15) is 5.56 Å². The quantitative estimate of drug-likeness (QED) is 0.772. The van der Waals surface area contributed by atoms with Gasteiger partial charge >= 0.3 is 0 Å². The Bertz CT molecular complexity index is 695. The van der Waals surface area contributed by atoms with E-state index >= 15 is 0 Å². The Labute approximate surface area is 97.3 Å². The Morgan fingerprint density at radius 1 is 1.24 bits per heavy atom. The fraction of sp³-hybridized carbons (Fsp3) is 0.100. The number of aromatic amines is 1. The van der Waals surface area contributed by atoms with E-state index in [1.165, 1.54) is 28.9 Å². The Morgan fingerprint density at radius 2 is 1.82 bits per heavy atom. The summed E-state index contributed by atoms with van der Waals surface area (Å²) in [6, 6.07) is 5.49. The molecule has 0 saturated heterocycles. The predicted octanol–water partition coefficient (Wildman–Crippen LogP) is 0.721. The van der Waals surface area contributed by atoms with Gasteiger partial charge in [-0.25, -0.2) is 0 Å². The number of rotatable bonds is 2. The SMILES string of the molecule is Cc1cn(-c2ccc(S(=O)(=O)O)cc2)[nH]c1=O. The molecule has 1 aromatic carbocycles. The van der Waals surface area contributed by atoms with Gasteiger partial charge in [0.25, 0.3) is 15.7 Å². The summed E-state index contributed by atoms with van der Waals surface area (Å²) in [4.78, 5) is 11.0. The highest BCUT2D eigenvalue weighted by Crippen LogP contribution is 2.12. The maximum Gasteiger partial charge on any atom is 0.294 e. The van der Waals surface area contributed by atoms with Gasteiger partial charge in [0, 0.05) is 11.8 Å². The Hall–Kier alpha value is -1.86. The first-order valence-electron chi connectivity index (χ1n) is 4.74. The summed E-state index contributed by atoms with van der Waals surface area (Å²) in [5.41, 5.74) is 0.954. The standard InChI is InChI=1S/C10H10N2O4S/c1-7-6-12(11-10(7)13)8-2-4-9(5-3-8)17(14,15)16/h2-6H,1H3,(H,11,13)(H,14,15,16). The molecule has 0 radical (unpaired) electrons. The van der Waals surface area contributed by atoms with Gasteiger partial charge in [-0.1, -0.05) is 0 Å². The molecule has 6 nitrogen and oxygen atoms in total. The van der Waals surface area contributed by atoms with Crippen molar-refractivity contribution in [3.05, 3.63) is 46.4 Å². The minimum absolute atomic E-state index is 0.188. The van der Waals surface area contributed by atoms with Crippen molar-refractivity contribution >= 4 is 10.1 Å². The van der Waals surface area contributed by atoms with Gasteiger partial charge in [0.05, 0.1) is 10.6 Å². The lowest BCUT2D eigenvalue weighted by atomic mass is 10.3. The summed E-state index contributed by atoms with van der Waals surface area (Å²) in [5, 5.41) is 2.57. The van der Waals surface area contributed by atoms with E-state index in [0.717, 1.165) is 0 Å². The van der Waals surface area contributed by atoms with Crippen LogP contribution >= 0.6 is 0 Å². The van der Waals surface area contributed by atoms with Crippen LogP contribution in [0, 0.1) is 6.92 Å². The highest BCUT2D eigenvalue weighted by molar-refractivity contribution is 7.85. The van der Waals surface area contributed by atoms with Crippen LogP contribution < -0.4 is 5.56 Å². The predicted molar refractivity (Wildman–Crippen MR) is 60.9 cm³/mol. The van der Waals surface area contributed by atoms with Gasteiger partial charge in [-0.3, -0.25) is 19.1 Å². The van der Waals surface area contributed by atoms with Gasteiger partial charge in [-0.05, 0) is 31.2 Å². The van der Waals surface area contributed by atoms with Crippen LogP contribution in [0.2, 0.25) is 0 Å². The first kappa shape index (κ1) is 11.6. The van der Waals surface area contributed by atoms with Gasteiger partial charge in [0.15, 0.2) is 0 Å². The minimum atomic E-state index is -4.19. The third-order valence-corrected chi connectivity index (χ3v) is 3.18. The van der Waals surface area contributed by atoms with Gasteiger partial charge in [-0.15, -0.1) is 0 Å². The van der Waals surface area contributed by atoms with E-state index in [0.29, 0.717) is 11.3 Å². The monoisotopic (exact) mass is 254 g/mol. The van der Waals surface area contributed by atoms with Gasteiger partial charge in [0.2, 0.25) is 0 Å². The fourth-order valence-corrected chi connectivity index (χ4v) is 1.88. The Kier molecular flexibility index (Phi) is 2.64. The van der Waals surface area contributed by atoms with E-state index in [-0.39, 0.29) is 10.5 Å². The van der Waals surface area contributed by atoms with Crippen LogP contribution in [-0.4, -0.2) is 22.8 Å². The second-order valence-electron chi connectivity index (χ2n) is 3.59. The molecule has 0 saturated carbocycles. The van der Waals surface area contributed by atoms with Crippen LogP contribution in [0.15, 0.2) is 40.2 Å². The normalized spacial score (nSPS) is 11.6. The topological polar surface area (TPSA) is 92.2 Å². The highest BCUT2D eigenvalue weighted by Gasteiger charge is 2.09. The third-order valence-electron chi connectivity index (χ3n) is 2.32. The van der Waals surface area contributed by atoms with Crippen molar-refractivity contribution in [2.75, 3.05) is 0 Å². The van der Waals surface area contributed by atoms with Crippen LogP contribution in [0.3, 0.4) is 0 Å². The summed E-state index contributed by atoms with van der Waals surface area (Å²) < 4.78 is 31.9. The van der Waals surface area contributed by atoms with E-state index in [2.05, 4.69) is 5.10 Å². The van der Waals surface area contributed by atoms with Gasteiger partial charge < -0.3 is 0 Å². The number of nitrogens with one attached hydrogen (secondary N) is 1. The molecule has 0 aliphatic carbocycles. The molecule has 0 amide bonds. The second kappa shape index (κ2) is 3.86. The summed E-state index contributed by atoms with van der Waals surface area (Å²) >= 11 is 0. The first-order valence-corrected chi connectivity index (χ1v) is 6.18. The Balaban J connectivity index is 2.46. The van der Waals surface area contributed by atoms with Crippen molar-refractivity contribution in [3.8, 4) is 5.69 Å². The van der Waals surface area contributed by atoms with E-state index in [4.69, 9.17) is 4.55 Å². The molecule has 0 bridgehead atoms. The van der Waals surface area contributed by atoms with E-state index < -0.39 is 10.1 Å². The first-order chi connectivity index (χ1) is 7.88. The van der Waals surface area contributed by atoms with Crippen molar-refractivity contribution in [2.24, 2.45) is 0 Å². The average molecular weight is 254 g/mol. The van der Waals surface area contributed by atoms with Crippen molar-refractivity contribution in [2.45, 2.75) is 11.8 Å². The Morgan fingerprint density at radius 3 is 2.24 bits per heavy atom. The van der Waals surface area contributed by atoms with Crippen molar-refractivity contribution < 1.29 is 13.0 Å². The third kappa shape index (κ3) is 2.29.